The van der Waals surface area contributed by atoms with E-state index >= 15 is 4.21 Å². The summed E-state index contributed by atoms with van der Waals surface area (Å²) in [4.78, 5) is 26.7. The van der Waals surface area contributed by atoms with E-state index in [0.29, 0.717) is 6.42 Å². The molecule has 0 spiro atoms. The average molecular weight is 731 g/mol. The molecule has 1 aromatic heterocycles. The van der Waals surface area contributed by atoms with Gasteiger partial charge in [0.25, 0.3) is 0 Å². The van der Waals surface area contributed by atoms with Crippen molar-refractivity contribution in [3.8, 4) is 5.88 Å². The molecule has 8 rings (SSSR count). The largest absolute Gasteiger partial charge is 0.477 e. The normalized spacial score (nSPS) is 17.2. The number of anilines is 1. The van der Waals surface area contributed by atoms with Gasteiger partial charge >= 0.3 is 12.1 Å². The van der Waals surface area contributed by atoms with E-state index in [0.717, 1.165) is 72.0 Å². The molecule has 53 heavy (non-hydrogen) atoms. The fraction of sp³-hybridized carbons (Fsp3) is 0.293. The number of urea groups is 1. The lowest BCUT2D eigenvalue weighted by molar-refractivity contribution is 0.0818. The summed E-state index contributed by atoms with van der Waals surface area (Å²) in [5.74, 6) is 0.187. The molecule has 11 nitrogen and oxygen atoms in total. The number of aryl methyl sites for hydroxylation is 2. The van der Waals surface area contributed by atoms with Crippen molar-refractivity contribution < 1.29 is 23.3 Å². The Morgan fingerprint density at radius 1 is 0.868 bits per heavy atom. The van der Waals surface area contributed by atoms with Crippen molar-refractivity contribution in [1.29, 1.82) is 0 Å². The minimum atomic E-state index is -3.94. The van der Waals surface area contributed by atoms with Crippen molar-refractivity contribution in [3.05, 3.63) is 142 Å². The molecule has 0 saturated heterocycles. The Morgan fingerprint density at radius 2 is 1.43 bits per heavy atom. The molecule has 3 amide bonds. The molecule has 0 radical (unpaired) electrons. The van der Waals surface area contributed by atoms with Gasteiger partial charge in [-0.2, -0.15) is 9.46 Å². The Bertz CT molecular complexity index is 2140. The zero-order valence-corrected chi connectivity index (χ0v) is 30.4. The van der Waals surface area contributed by atoms with Crippen LogP contribution in [0.4, 0.5) is 15.3 Å². The van der Waals surface area contributed by atoms with Crippen LogP contribution in [0.1, 0.15) is 58.2 Å². The van der Waals surface area contributed by atoms with Gasteiger partial charge in [-0.1, -0.05) is 97.1 Å². The average Bonchev–Trinajstić information content (AvgIpc) is 3.93. The van der Waals surface area contributed by atoms with Gasteiger partial charge in [-0.3, -0.25) is 0 Å². The van der Waals surface area contributed by atoms with Gasteiger partial charge < -0.3 is 20.1 Å². The van der Waals surface area contributed by atoms with E-state index in [-0.39, 0.29) is 23.9 Å². The van der Waals surface area contributed by atoms with Crippen molar-refractivity contribution in [1.82, 2.24) is 19.8 Å². The molecule has 2 heterocycles. The number of fused-ring (bicyclic) bond motifs is 3. The number of amides is 3. The SMILES string of the molecule is CNC(=O)OC1CCOc2c(S(=O)(=NC(c3ccccc3)(c3ccccc3)c3ccccc3)NC(=O)Nc3c4c(cc5c3CCC5)CCC4)cnn2C1. The minimum absolute atomic E-state index is 0.115. The van der Waals surface area contributed by atoms with Crippen LogP contribution in [0, 0.1) is 0 Å². The maximum atomic E-state index is 16.2. The predicted molar refractivity (Wildman–Crippen MR) is 202 cm³/mol. The quantitative estimate of drug-likeness (QED) is 0.148. The molecule has 5 aromatic rings. The first-order chi connectivity index (χ1) is 25.9. The van der Waals surface area contributed by atoms with Crippen LogP contribution in [0.5, 0.6) is 5.88 Å². The summed E-state index contributed by atoms with van der Waals surface area (Å²) in [6.07, 6.45) is 6.46. The number of nitrogens with one attached hydrogen (secondary N) is 3. The van der Waals surface area contributed by atoms with E-state index in [1.165, 1.54) is 29.1 Å². The lowest BCUT2D eigenvalue weighted by atomic mass is 9.78. The fourth-order valence-corrected chi connectivity index (χ4v) is 9.80. The van der Waals surface area contributed by atoms with E-state index in [9.17, 15) is 9.59 Å². The summed E-state index contributed by atoms with van der Waals surface area (Å²) in [5, 5.41) is 10.2. The van der Waals surface area contributed by atoms with Crippen molar-refractivity contribution >= 4 is 27.7 Å². The highest BCUT2D eigenvalue weighted by Crippen LogP contribution is 2.44. The first-order valence-corrected chi connectivity index (χ1v) is 19.7. The van der Waals surface area contributed by atoms with Crippen molar-refractivity contribution in [2.75, 3.05) is 19.0 Å². The molecule has 4 aromatic carbocycles. The summed E-state index contributed by atoms with van der Waals surface area (Å²) in [5.41, 5.74) is 6.58. The van der Waals surface area contributed by atoms with Crippen molar-refractivity contribution in [3.63, 3.8) is 0 Å². The highest BCUT2D eigenvalue weighted by molar-refractivity contribution is 7.92. The van der Waals surface area contributed by atoms with Crippen molar-refractivity contribution in [2.24, 2.45) is 4.36 Å². The molecule has 0 fully saturated rings. The summed E-state index contributed by atoms with van der Waals surface area (Å²) < 4.78 is 37.8. The van der Waals surface area contributed by atoms with Gasteiger partial charge in [-0.25, -0.2) is 23.2 Å². The van der Waals surface area contributed by atoms with Gasteiger partial charge in [0.15, 0.2) is 9.92 Å². The molecular formula is C41H42N6O5S. The molecule has 1 aliphatic heterocycles. The Balaban J connectivity index is 1.32. The Hall–Kier alpha value is -5.62. The third-order valence-corrected chi connectivity index (χ3v) is 12.2. The van der Waals surface area contributed by atoms with Crippen LogP contribution in [-0.2, 0) is 52.4 Å². The number of carbonyl (C=O) groups is 2. The summed E-state index contributed by atoms with van der Waals surface area (Å²) in [6, 6.07) is 30.7. The van der Waals surface area contributed by atoms with Gasteiger partial charge in [-0.15, -0.1) is 0 Å². The van der Waals surface area contributed by atoms with Crippen molar-refractivity contribution in [2.45, 2.75) is 68.0 Å². The van der Waals surface area contributed by atoms with Crippen LogP contribution >= 0.6 is 0 Å². The predicted octanol–water partition coefficient (Wildman–Crippen LogP) is 6.92. The fourth-order valence-electron chi connectivity index (χ4n) is 7.95. The zero-order chi connectivity index (χ0) is 36.4. The molecule has 2 unspecified atom stereocenters. The smallest absolute Gasteiger partial charge is 0.407 e. The molecule has 0 bridgehead atoms. The molecule has 0 saturated carbocycles. The second kappa shape index (κ2) is 14.4. The highest BCUT2D eigenvalue weighted by Gasteiger charge is 2.41. The number of alkyl carbamates (subject to hydrolysis) is 1. The minimum Gasteiger partial charge on any atom is -0.477 e. The Kier molecular flexibility index (Phi) is 9.38. The number of hydrogen-bond acceptors (Lipinski definition) is 7. The number of nitrogens with zero attached hydrogens (tertiary/aromatic N) is 3. The highest BCUT2D eigenvalue weighted by atomic mass is 32.2. The molecule has 2 aliphatic carbocycles. The van der Waals surface area contributed by atoms with Gasteiger partial charge in [-0.05, 0) is 77.5 Å². The maximum absolute atomic E-state index is 16.2. The lowest BCUT2D eigenvalue weighted by Gasteiger charge is -2.33. The second-order valence-corrected chi connectivity index (χ2v) is 15.5. The number of aromatic nitrogens is 2. The third kappa shape index (κ3) is 6.52. The molecule has 12 heteroatoms. The number of hydrogen-bond donors (Lipinski definition) is 3. The number of ether oxygens (including phenoxy) is 2. The molecule has 272 valence electrons. The molecular weight excluding hydrogens is 689 g/mol. The van der Waals surface area contributed by atoms with Crippen LogP contribution in [0.3, 0.4) is 0 Å². The Labute approximate surface area is 309 Å². The van der Waals surface area contributed by atoms with Gasteiger partial charge in [0.2, 0.25) is 5.88 Å². The van der Waals surface area contributed by atoms with Crippen LogP contribution in [0.2, 0.25) is 0 Å². The maximum Gasteiger partial charge on any atom is 0.407 e. The molecule has 2 atom stereocenters. The van der Waals surface area contributed by atoms with E-state index < -0.39 is 33.7 Å². The number of benzene rings is 4. The summed E-state index contributed by atoms with van der Waals surface area (Å²) in [6.45, 7) is 0.319. The van der Waals surface area contributed by atoms with Crippen LogP contribution in [0.25, 0.3) is 0 Å². The van der Waals surface area contributed by atoms with Crippen LogP contribution in [0.15, 0.2) is 113 Å². The monoisotopic (exact) mass is 730 g/mol. The van der Waals surface area contributed by atoms with Crippen LogP contribution in [-0.4, -0.2) is 45.9 Å². The summed E-state index contributed by atoms with van der Waals surface area (Å²) in [7, 11) is -2.45. The Morgan fingerprint density at radius 3 is 1.98 bits per heavy atom. The second-order valence-electron chi connectivity index (χ2n) is 13.6. The third-order valence-electron chi connectivity index (χ3n) is 10.4. The van der Waals surface area contributed by atoms with E-state index in [1.54, 1.807) is 0 Å². The van der Waals surface area contributed by atoms with E-state index in [4.69, 9.17) is 13.8 Å². The van der Waals surface area contributed by atoms with Gasteiger partial charge in [0.1, 0.15) is 16.5 Å². The molecule has 3 aliphatic rings. The summed E-state index contributed by atoms with van der Waals surface area (Å²) >= 11 is 0. The molecule has 3 N–H and O–H groups in total. The number of rotatable bonds is 8. The lowest BCUT2D eigenvalue weighted by Crippen LogP contribution is -2.38. The standard InChI is InChI=1S/C41H42N6O5S/c1-42-40(49)52-33-23-24-51-38-36(26-43-47(38)27-33)53(50,45-39(48)44-37-34-21-11-13-28(34)25-29-14-12-22-35(29)37)46-41(30-15-5-2-6-16-30,31-17-7-3-8-18-31)32-19-9-4-10-20-32/h2-10,15-20,25-26,33H,11-14,21-24,27H2,1H3,(H,42,49)(H2,44,45,46,48,50). The van der Waals surface area contributed by atoms with Gasteiger partial charge in [0.05, 0.1) is 19.3 Å². The topological polar surface area (TPSA) is 136 Å². The zero-order valence-electron chi connectivity index (χ0n) is 29.5. The van der Waals surface area contributed by atoms with Crippen LogP contribution < -0.4 is 20.1 Å². The first kappa shape index (κ1) is 34.5. The van der Waals surface area contributed by atoms with E-state index in [1.807, 2.05) is 91.0 Å². The number of carbonyl (C=O) groups excluding carboxylic acids is 2. The van der Waals surface area contributed by atoms with Gasteiger partial charge in [0, 0.05) is 19.2 Å². The first-order valence-electron chi connectivity index (χ1n) is 18.1. The van der Waals surface area contributed by atoms with E-state index in [2.05, 4.69) is 26.5 Å².